The minimum Gasteiger partial charge on any atom is -0.478 e. The summed E-state index contributed by atoms with van der Waals surface area (Å²) >= 11 is 3.19. The molecule has 0 aromatic heterocycles. The molecule has 1 rings (SSSR count). The number of nitrogens with one attached hydrogen (secondary N) is 1. The van der Waals surface area contributed by atoms with Crippen LogP contribution in [0.3, 0.4) is 0 Å². The van der Waals surface area contributed by atoms with Gasteiger partial charge in [0.25, 0.3) is 0 Å². The molecule has 0 heterocycles. The van der Waals surface area contributed by atoms with Crippen molar-refractivity contribution in [2.24, 2.45) is 0 Å². The van der Waals surface area contributed by atoms with Gasteiger partial charge in [0.05, 0.1) is 11.3 Å². The number of rotatable bonds is 6. The Hall–Kier alpha value is -0.810. The molecule has 94 valence electrons. The first kappa shape index (κ1) is 14.3. The van der Waals surface area contributed by atoms with Crippen LogP contribution in [0.1, 0.15) is 17.3 Å². The predicted molar refractivity (Wildman–Crippen MR) is 76.6 cm³/mol. The molecular formula is C12H17NO2S2. The van der Waals surface area contributed by atoms with E-state index in [9.17, 15) is 9.90 Å². The molecule has 1 aromatic rings. The van der Waals surface area contributed by atoms with Crippen LogP contribution < -0.4 is 5.32 Å². The normalized spacial score (nSPS) is 12.2. The van der Waals surface area contributed by atoms with Crippen molar-refractivity contribution in [3.8, 4) is 0 Å². The Morgan fingerprint density at radius 1 is 1.47 bits per heavy atom. The summed E-state index contributed by atoms with van der Waals surface area (Å²) < 4.78 is 0. The number of aromatic carboxylic acids is 1. The van der Waals surface area contributed by atoms with E-state index < -0.39 is 5.97 Å². The number of hydrogen-bond acceptors (Lipinski definition) is 4. The zero-order chi connectivity index (χ0) is 12.8. The van der Waals surface area contributed by atoms with Gasteiger partial charge in [0.2, 0.25) is 0 Å². The van der Waals surface area contributed by atoms with Crippen molar-refractivity contribution in [3.63, 3.8) is 0 Å². The van der Waals surface area contributed by atoms with Crippen molar-refractivity contribution in [1.29, 1.82) is 0 Å². The quantitative estimate of drug-likeness (QED) is 0.778. The third kappa shape index (κ3) is 3.85. The van der Waals surface area contributed by atoms with Gasteiger partial charge in [0.1, 0.15) is 0 Å². The van der Waals surface area contributed by atoms with Crippen LogP contribution in [-0.2, 0) is 0 Å². The number of anilines is 1. The van der Waals surface area contributed by atoms with E-state index in [1.807, 2.05) is 37.6 Å². The van der Waals surface area contributed by atoms with Gasteiger partial charge in [-0.25, -0.2) is 4.79 Å². The molecule has 0 aliphatic rings. The molecule has 0 aliphatic heterocycles. The average molecular weight is 271 g/mol. The first-order valence-corrected chi connectivity index (χ1v) is 7.87. The van der Waals surface area contributed by atoms with E-state index >= 15 is 0 Å². The molecule has 0 radical (unpaired) electrons. The lowest BCUT2D eigenvalue weighted by atomic mass is 10.1. The number of carboxylic acids is 1. The Morgan fingerprint density at radius 3 is 2.71 bits per heavy atom. The van der Waals surface area contributed by atoms with E-state index in [1.54, 1.807) is 11.8 Å². The molecule has 0 saturated carbocycles. The summed E-state index contributed by atoms with van der Waals surface area (Å²) in [7, 11) is 0. The lowest BCUT2D eigenvalue weighted by molar-refractivity contribution is 0.0694. The third-order valence-corrected chi connectivity index (χ3v) is 3.89. The predicted octanol–water partition coefficient (Wildman–Crippen LogP) is 3.27. The monoisotopic (exact) mass is 271 g/mol. The van der Waals surface area contributed by atoms with Gasteiger partial charge in [0, 0.05) is 16.7 Å². The second-order valence-electron chi connectivity index (χ2n) is 3.69. The molecule has 17 heavy (non-hydrogen) atoms. The van der Waals surface area contributed by atoms with Gasteiger partial charge in [-0.15, -0.1) is 11.8 Å². The van der Waals surface area contributed by atoms with Gasteiger partial charge < -0.3 is 10.4 Å². The summed E-state index contributed by atoms with van der Waals surface area (Å²) in [4.78, 5) is 12.1. The fourth-order valence-corrected chi connectivity index (χ4v) is 2.80. The van der Waals surface area contributed by atoms with E-state index in [2.05, 4.69) is 5.32 Å². The molecule has 2 N–H and O–H groups in total. The van der Waals surface area contributed by atoms with Crippen molar-refractivity contribution in [3.05, 3.63) is 23.8 Å². The number of carbonyl (C=O) groups is 1. The number of benzene rings is 1. The summed E-state index contributed by atoms with van der Waals surface area (Å²) in [6.07, 6.45) is 3.92. The largest absolute Gasteiger partial charge is 0.478 e. The molecule has 1 aromatic carbocycles. The third-order valence-electron chi connectivity index (χ3n) is 2.28. The number of thioether (sulfide) groups is 2. The summed E-state index contributed by atoms with van der Waals surface area (Å²) in [6, 6.07) is 5.78. The minimum absolute atomic E-state index is 0.250. The fraction of sp³-hybridized carbons (Fsp3) is 0.417. The molecule has 0 aliphatic carbocycles. The maximum absolute atomic E-state index is 11.3. The van der Waals surface area contributed by atoms with Crippen molar-refractivity contribution < 1.29 is 9.90 Å². The number of carboxylic acid groups (broad SMARTS) is 1. The smallest absolute Gasteiger partial charge is 0.338 e. The van der Waals surface area contributed by atoms with Crippen LogP contribution in [0.2, 0.25) is 0 Å². The van der Waals surface area contributed by atoms with Gasteiger partial charge in [-0.2, -0.15) is 11.8 Å². The van der Waals surface area contributed by atoms with E-state index in [0.29, 0.717) is 11.3 Å². The van der Waals surface area contributed by atoms with Gasteiger partial charge >= 0.3 is 5.97 Å². The highest BCUT2D eigenvalue weighted by atomic mass is 32.2. The van der Waals surface area contributed by atoms with E-state index in [-0.39, 0.29) is 6.04 Å². The maximum atomic E-state index is 11.3. The Kier molecular flexibility index (Phi) is 5.71. The molecule has 0 saturated heterocycles. The Balaban J connectivity index is 3.02. The van der Waals surface area contributed by atoms with E-state index in [1.165, 1.54) is 11.8 Å². The SMILES string of the molecule is CSCC(C)Nc1cccc(SC)c1C(=O)O. The van der Waals surface area contributed by atoms with Crippen LogP contribution in [-0.4, -0.2) is 35.4 Å². The Morgan fingerprint density at radius 2 is 2.18 bits per heavy atom. The standard InChI is InChI=1S/C12H17NO2S2/c1-8(7-16-2)13-9-5-4-6-10(17-3)11(9)12(14)15/h4-6,8,13H,7H2,1-3H3,(H,14,15). The van der Waals surface area contributed by atoms with Crippen LogP contribution in [0.4, 0.5) is 5.69 Å². The molecule has 0 bridgehead atoms. The molecule has 0 amide bonds. The van der Waals surface area contributed by atoms with Crippen molar-refractivity contribution >= 4 is 35.2 Å². The zero-order valence-corrected chi connectivity index (χ0v) is 11.8. The molecule has 1 atom stereocenters. The maximum Gasteiger partial charge on any atom is 0.338 e. The minimum atomic E-state index is -0.881. The second-order valence-corrected chi connectivity index (χ2v) is 5.45. The molecule has 5 heteroatoms. The van der Waals surface area contributed by atoms with Crippen LogP contribution >= 0.6 is 23.5 Å². The summed E-state index contributed by atoms with van der Waals surface area (Å²) in [5.74, 6) is 0.0662. The highest BCUT2D eigenvalue weighted by Gasteiger charge is 2.15. The van der Waals surface area contributed by atoms with Crippen molar-refractivity contribution in [2.75, 3.05) is 23.6 Å². The highest BCUT2D eigenvalue weighted by molar-refractivity contribution is 7.98. The molecule has 0 spiro atoms. The van der Waals surface area contributed by atoms with Crippen LogP contribution in [0.25, 0.3) is 0 Å². The fourth-order valence-electron chi connectivity index (χ4n) is 1.60. The number of hydrogen-bond donors (Lipinski definition) is 2. The average Bonchev–Trinajstić information content (AvgIpc) is 2.28. The Bertz CT molecular complexity index is 396. The van der Waals surface area contributed by atoms with Gasteiger partial charge in [0.15, 0.2) is 0 Å². The van der Waals surface area contributed by atoms with E-state index in [0.717, 1.165) is 10.6 Å². The lowest BCUT2D eigenvalue weighted by Gasteiger charge is -2.17. The summed E-state index contributed by atoms with van der Waals surface area (Å²) in [5, 5.41) is 12.5. The summed E-state index contributed by atoms with van der Waals surface area (Å²) in [6.45, 7) is 2.05. The zero-order valence-electron chi connectivity index (χ0n) is 10.2. The molecule has 3 nitrogen and oxygen atoms in total. The first-order valence-electron chi connectivity index (χ1n) is 5.26. The Labute approximate surface area is 110 Å². The molecular weight excluding hydrogens is 254 g/mol. The first-order chi connectivity index (χ1) is 8.10. The van der Waals surface area contributed by atoms with Gasteiger partial charge in [-0.1, -0.05) is 6.07 Å². The van der Waals surface area contributed by atoms with Crippen LogP contribution in [0.5, 0.6) is 0 Å². The molecule has 1 unspecified atom stereocenters. The van der Waals surface area contributed by atoms with Gasteiger partial charge in [-0.05, 0) is 31.6 Å². The second kappa shape index (κ2) is 6.81. The van der Waals surface area contributed by atoms with E-state index in [4.69, 9.17) is 0 Å². The van der Waals surface area contributed by atoms with Crippen LogP contribution in [0.15, 0.2) is 23.1 Å². The topological polar surface area (TPSA) is 49.3 Å². The summed E-state index contributed by atoms with van der Waals surface area (Å²) in [5.41, 5.74) is 1.07. The van der Waals surface area contributed by atoms with Crippen molar-refractivity contribution in [1.82, 2.24) is 0 Å². The molecule has 0 fully saturated rings. The van der Waals surface area contributed by atoms with Gasteiger partial charge in [-0.3, -0.25) is 0 Å². The van der Waals surface area contributed by atoms with Crippen LogP contribution in [0, 0.1) is 0 Å². The van der Waals surface area contributed by atoms with Crippen molar-refractivity contribution in [2.45, 2.75) is 17.9 Å². The highest BCUT2D eigenvalue weighted by Crippen LogP contribution is 2.27. The lowest BCUT2D eigenvalue weighted by Crippen LogP contribution is -2.20.